The Kier molecular flexibility index (Phi) is 6.60. The molecular formula is C15H26N4O2S. The van der Waals surface area contributed by atoms with Crippen LogP contribution in [0.1, 0.15) is 22.5 Å². The number of nitrogens with zero attached hydrogens (tertiary/aromatic N) is 2. The SMILES string of the molecule is Cc1nc(CNC(=O)NC[C@H](C)CN2CCOCC2)sc1C. The highest BCUT2D eigenvalue weighted by molar-refractivity contribution is 7.11. The van der Waals surface area contributed by atoms with E-state index in [9.17, 15) is 4.79 Å². The monoisotopic (exact) mass is 326 g/mol. The highest BCUT2D eigenvalue weighted by Crippen LogP contribution is 2.15. The Labute approximate surface area is 136 Å². The van der Waals surface area contributed by atoms with E-state index in [1.807, 2.05) is 13.8 Å². The van der Waals surface area contributed by atoms with Crippen LogP contribution in [0, 0.1) is 19.8 Å². The van der Waals surface area contributed by atoms with Crippen molar-refractivity contribution in [1.82, 2.24) is 20.5 Å². The van der Waals surface area contributed by atoms with Gasteiger partial charge in [0.15, 0.2) is 0 Å². The molecule has 22 heavy (non-hydrogen) atoms. The molecule has 1 aliphatic heterocycles. The summed E-state index contributed by atoms with van der Waals surface area (Å²) in [6, 6.07) is -0.126. The Morgan fingerprint density at radius 1 is 1.36 bits per heavy atom. The van der Waals surface area contributed by atoms with E-state index in [1.165, 1.54) is 4.88 Å². The molecule has 0 saturated carbocycles. The second kappa shape index (κ2) is 8.45. The van der Waals surface area contributed by atoms with Gasteiger partial charge in [0, 0.05) is 31.1 Å². The molecule has 0 aromatic carbocycles. The summed E-state index contributed by atoms with van der Waals surface area (Å²) in [7, 11) is 0. The van der Waals surface area contributed by atoms with Crippen LogP contribution in [0.25, 0.3) is 0 Å². The molecule has 2 N–H and O–H groups in total. The second-order valence-corrected chi connectivity index (χ2v) is 7.12. The van der Waals surface area contributed by atoms with Gasteiger partial charge in [0.25, 0.3) is 0 Å². The van der Waals surface area contributed by atoms with Crippen LogP contribution in [0.2, 0.25) is 0 Å². The van der Waals surface area contributed by atoms with Crippen LogP contribution < -0.4 is 10.6 Å². The van der Waals surface area contributed by atoms with E-state index in [2.05, 4.69) is 27.4 Å². The van der Waals surface area contributed by atoms with Gasteiger partial charge in [0.2, 0.25) is 0 Å². The Bertz CT molecular complexity index is 466. The fourth-order valence-electron chi connectivity index (χ4n) is 2.39. The molecule has 1 atom stereocenters. The topological polar surface area (TPSA) is 66.5 Å². The molecule has 0 unspecified atom stereocenters. The van der Waals surface area contributed by atoms with Gasteiger partial charge in [-0.15, -0.1) is 11.3 Å². The lowest BCUT2D eigenvalue weighted by Crippen LogP contribution is -2.43. The van der Waals surface area contributed by atoms with Crippen molar-refractivity contribution < 1.29 is 9.53 Å². The number of hydrogen-bond acceptors (Lipinski definition) is 5. The summed E-state index contributed by atoms with van der Waals surface area (Å²) >= 11 is 1.63. The molecule has 1 aromatic rings. The van der Waals surface area contributed by atoms with Crippen LogP contribution in [0.3, 0.4) is 0 Å². The third kappa shape index (κ3) is 5.55. The lowest BCUT2D eigenvalue weighted by molar-refractivity contribution is 0.0319. The number of rotatable bonds is 6. The van der Waals surface area contributed by atoms with E-state index in [1.54, 1.807) is 11.3 Å². The zero-order valence-electron chi connectivity index (χ0n) is 13.6. The van der Waals surface area contributed by atoms with E-state index < -0.39 is 0 Å². The molecular weight excluding hydrogens is 300 g/mol. The summed E-state index contributed by atoms with van der Waals surface area (Å²) < 4.78 is 5.34. The van der Waals surface area contributed by atoms with E-state index in [-0.39, 0.29) is 6.03 Å². The van der Waals surface area contributed by atoms with E-state index in [4.69, 9.17) is 4.74 Å². The number of hydrogen-bond donors (Lipinski definition) is 2. The highest BCUT2D eigenvalue weighted by atomic mass is 32.1. The van der Waals surface area contributed by atoms with Crippen molar-refractivity contribution in [3.8, 4) is 0 Å². The molecule has 1 saturated heterocycles. The van der Waals surface area contributed by atoms with Crippen LogP contribution in [-0.4, -0.2) is 55.3 Å². The quantitative estimate of drug-likeness (QED) is 0.832. The Morgan fingerprint density at radius 3 is 2.73 bits per heavy atom. The van der Waals surface area contributed by atoms with Crippen LogP contribution in [0.4, 0.5) is 4.79 Å². The number of ether oxygens (including phenoxy) is 1. The van der Waals surface area contributed by atoms with E-state index >= 15 is 0 Å². The molecule has 1 aliphatic rings. The summed E-state index contributed by atoms with van der Waals surface area (Å²) in [6.07, 6.45) is 0. The minimum atomic E-state index is -0.126. The predicted molar refractivity (Wildman–Crippen MR) is 88.2 cm³/mol. The minimum absolute atomic E-state index is 0.126. The van der Waals surface area contributed by atoms with Crippen molar-refractivity contribution in [3.63, 3.8) is 0 Å². The van der Waals surface area contributed by atoms with E-state index in [0.29, 0.717) is 19.0 Å². The Morgan fingerprint density at radius 2 is 2.09 bits per heavy atom. The van der Waals surface area contributed by atoms with Crippen molar-refractivity contribution >= 4 is 17.4 Å². The van der Waals surface area contributed by atoms with Gasteiger partial charge < -0.3 is 15.4 Å². The standard InChI is InChI=1S/C15H26N4O2S/c1-11(10-19-4-6-21-7-5-19)8-16-15(20)17-9-14-18-12(2)13(3)22-14/h11H,4-10H2,1-3H3,(H2,16,17,20)/t11-/m0/s1. The van der Waals surface area contributed by atoms with Gasteiger partial charge in [-0.2, -0.15) is 0 Å². The van der Waals surface area contributed by atoms with Gasteiger partial charge >= 0.3 is 6.03 Å². The maximum Gasteiger partial charge on any atom is 0.315 e. The molecule has 7 heteroatoms. The molecule has 2 rings (SSSR count). The smallest absolute Gasteiger partial charge is 0.315 e. The first-order valence-corrected chi connectivity index (χ1v) is 8.61. The molecule has 0 radical (unpaired) electrons. The molecule has 2 heterocycles. The zero-order chi connectivity index (χ0) is 15.9. The minimum Gasteiger partial charge on any atom is -0.379 e. The number of nitrogens with one attached hydrogen (secondary N) is 2. The van der Waals surface area contributed by atoms with Crippen molar-refractivity contribution in [2.75, 3.05) is 39.4 Å². The average Bonchev–Trinajstić information content (AvgIpc) is 2.83. The molecule has 1 fully saturated rings. The van der Waals surface area contributed by atoms with Crippen LogP contribution >= 0.6 is 11.3 Å². The summed E-state index contributed by atoms with van der Waals surface area (Å²) in [4.78, 5) is 19.8. The van der Waals surface area contributed by atoms with E-state index in [0.717, 1.165) is 43.5 Å². The van der Waals surface area contributed by atoms with Crippen LogP contribution in [0.5, 0.6) is 0 Å². The van der Waals surface area contributed by atoms with Crippen molar-refractivity contribution in [1.29, 1.82) is 0 Å². The van der Waals surface area contributed by atoms with Crippen LogP contribution in [-0.2, 0) is 11.3 Å². The molecule has 6 nitrogen and oxygen atoms in total. The average molecular weight is 326 g/mol. The Balaban J connectivity index is 1.62. The number of carbonyl (C=O) groups is 1. The number of thiazole rings is 1. The van der Waals surface area contributed by atoms with Gasteiger partial charge in [-0.05, 0) is 19.8 Å². The largest absolute Gasteiger partial charge is 0.379 e. The molecule has 0 spiro atoms. The fraction of sp³-hybridized carbons (Fsp3) is 0.733. The number of aryl methyl sites for hydroxylation is 2. The number of carbonyl (C=O) groups excluding carboxylic acids is 1. The first kappa shape index (κ1) is 17.2. The third-order valence-electron chi connectivity index (χ3n) is 3.76. The summed E-state index contributed by atoms with van der Waals surface area (Å²) in [5.74, 6) is 0.424. The highest BCUT2D eigenvalue weighted by Gasteiger charge is 2.14. The van der Waals surface area contributed by atoms with Crippen molar-refractivity contribution in [2.45, 2.75) is 27.3 Å². The number of aromatic nitrogens is 1. The van der Waals surface area contributed by atoms with Gasteiger partial charge in [0.1, 0.15) is 5.01 Å². The first-order valence-electron chi connectivity index (χ1n) is 7.79. The Hall–Kier alpha value is -1.18. The number of amides is 2. The number of morpholine rings is 1. The first-order chi connectivity index (χ1) is 10.5. The van der Waals surface area contributed by atoms with Gasteiger partial charge in [-0.1, -0.05) is 6.92 Å². The summed E-state index contributed by atoms with van der Waals surface area (Å²) in [6.45, 7) is 12.0. The molecule has 0 bridgehead atoms. The normalized spacial score (nSPS) is 17.2. The van der Waals surface area contributed by atoms with Gasteiger partial charge in [-0.3, -0.25) is 4.90 Å². The van der Waals surface area contributed by atoms with Gasteiger partial charge in [0.05, 0.1) is 25.5 Å². The molecule has 2 amide bonds. The predicted octanol–water partition coefficient (Wildman–Crippen LogP) is 1.53. The van der Waals surface area contributed by atoms with Crippen molar-refractivity contribution in [3.05, 3.63) is 15.6 Å². The summed E-state index contributed by atoms with van der Waals surface area (Å²) in [5, 5.41) is 6.75. The molecule has 124 valence electrons. The maximum absolute atomic E-state index is 11.8. The fourth-order valence-corrected chi connectivity index (χ4v) is 3.26. The zero-order valence-corrected chi connectivity index (χ0v) is 14.5. The maximum atomic E-state index is 11.8. The third-order valence-corrected chi connectivity index (χ3v) is 4.83. The number of urea groups is 1. The lowest BCUT2D eigenvalue weighted by atomic mass is 10.1. The van der Waals surface area contributed by atoms with Gasteiger partial charge in [-0.25, -0.2) is 9.78 Å². The lowest BCUT2D eigenvalue weighted by Gasteiger charge is -2.29. The van der Waals surface area contributed by atoms with Crippen molar-refractivity contribution in [2.24, 2.45) is 5.92 Å². The molecule has 1 aromatic heterocycles. The second-order valence-electron chi connectivity index (χ2n) is 5.83. The molecule has 0 aliphatic carbocycles. The van der Waals surface area contributed by atoms with Crippen LogP contribution in [0.15, 0.2) is 0 Å². The summed E-state index contributed by atoms with van der Waals surface area (Å²) in [5.41, 5.74) is 1.04.